The van der Waals surface area contributed by atoms with Gasteiger partial charge in [-0.15, -0.1) is 11.3 Å². The molecule has 0 aliphatic rings. The molecule has 6 heteroatoms. The molecule has 0 aromatic carbocycles. The smallest absolute Gasteiger partial charge is 0.223 e. The van der Waals surface area contributed by atoms with Gasteiger partial charge in [-0.25, -0.2) is 14.4 Å². The zero-order valence-corrected chi connectivity index (χ0v) is 10.1. The number of nitrogens with zero attached hydrogens (tertiary/aromatic N) is 2. The van der Waals surface area contributed by atoms with Crippen LogP contribution >= 0.6 is 22.9 Å². The summed E-state index contributed by atoms with van der Waals surface area (Å²) in [4.78, 5) is 8.55. The molecule has 84 valence electrons. The zero-order chi connectivity index (χ0) is 11.5. The van der Waals surface area contributed by atoms with Gasteiger partial charge in [0.05, 0.1) is 16.1 Å². The SMILES string of the molecule is CCNc1ncc(F)c(-c2sccc2Cl)n1. The molecular weight excluding hydrogens is 249 g/mol. The molecule has 0 aliphatic heterocycles. The van der Waals surface area contributed by atoms with Crippen molar-refractivity contribution in [3.63, 3.8) is 0 Å². The molecule has 0 saturated carbocycles. The molecule has 3 nitrogen and oxygen atoms in total. The van der Waals surface area contributed by atoms with Crippen LogP contribution in [0.1, 0.15) is 6.92 Å². The topological polar surface area (TPSA) is 37.8 Å². The van der Waals surface area contributed by atoms with Crippen molar-refractivity contribution in [1.82, 2.24) is 9.97 Å². The van der Waals surface area contributed by atoms with Crippen molar-refractivity contribution in [2.75, 3.05) is 11.9 Å². The zero-order valence-electron chi connectivity index (χ0n) is 8.50. The van der Waals surface area contributed by atoms with E-state index in [0.717, 1.165) is 6.20 Å². The molecule has 16 heavy (non-hydrogen) atoms. The van der Waals surface area contributed by atoms with Crippen LogP contribution in [0.4, 0.5) is 10.3 Å². The van der Waals surface area contributed by atoms with E-state index in [4.69, 9.17) is 11.6 Å². The molecule has 0 unspecified atom stereocenters. The quantitative estimate of drug-likeness (QED) is 0.915. The lowest BCUT2D eigenvalue weighted by molar-refractivity contribution is 0.619. The summed E-state index contributed by atoms with van der Waals surface area (Å²) in [5.41, 5.74) is 0.242. The molecule has 2 heterocycles. The lowest BCUT2D eigenvalue weighted by Gasteiger charge is -2.04. The summed E-state index contributed by atoms with van der Waals surface area (Å²) in [6, 6.07) is 1.72. The third-order valence-corrected chi connectivity index (χ3v) is 3.26. The van der Waals surface area contributed by atoms with Crippen LogP contribution in [0.15, 0.2) is 17.6 Å². The second-order valence-corrected chi connectivity index (χ2v) is 4.34. The minimum atomic E-state index is -0.467. The van der Waals surface area contributed by atoms with Crippen LogP contribution < -0.4 is 5.32 Å². The Morgan fingerprint density at radius 2 is 2.38 bits per heavy atom. The van der Waals surface area contributed by atoms with E-state index in [2.05, 4.69) is 15.3 Å². The van der Waals surface area contributed by atoms with Crippen molar-refractivity contribution in [2.45, 2.75) is 6.92 Å². The Hall–Kier alpha value is -1.20. The first-order valence-electron chi connectivity index (χ1n) is 4.72. The monoisotopic (exact) mass is 257 g/mol. The molecule has 0 radical (unpaired) electrons. The summed E-state index contributed by atoms with van der Waals surface area (Å²) in [5.74, 6) is -0.0608. The molecule has 0 aliphatic carbocycles. The highest BCUT2D eigenvalue weighted by Crippen LogP contribution is 2.33. The summed E-state index contributed by atoms with van der Waals surface area (Å²) in [5, 5.41) is 5.23. The molecular formula is C10H9ClFN3S. The normalized spacial score (nSPS) is 10.4. The van der Waals surface area contributed by atoms with Crippen molar-refractivity contribution in [3.05, 3.63) is 28.5 Å². The fourth-order valence-electron chi connectivity index (χ4n) is 1.23. The largest absolute Gasteiger partial charge is 0.354 e. The summed E-state index contributed by atoms with van der Waals surface area (Å²) in [6.07, 6.45) is 1.15. The van der Waals surface area contributed by atoms with Crippen LogP contribution in [-0.2, 0) is 0 Å². The number of halogens is 2. The van der Waals surface area contributed by atoms with E-state index in [1.165, 1.54) is 11.3 Å². The van der Waals surface area contributed by atoms with Gasteiger partial charge in [0.1, 0.15) is 5.69 Å². The first-order chi connectivity index (χ1) is 7.72. The van der Waals surface area contributed by atoms with Crippen molar-refractivity contribution in [3.8, 4) is 10.6 Å². The van der Waals surface area contributed by atoms with E-state index in [9.17, 15) is 4.39 Å². The first kappa shape index (κ1) is 11.3. The summed E-state index contributed by atoms with van der Waals surface area (Å²) >= 11 is 7.29. The molecule has 2 aromatic rings. The molecule has 0 amide bonds. The average molecular weight is 258 g/mol. The Morgan fingerprint density at radius 3 is 3.00 bits per heavy atom. The standard InChI is InChI=1S/C10H9ClFN3S/c1-2-13-10-14-5-7(12)8(15-10)9-6(11)3-4-16-9/h3-5H,2H2,1H3,(H,13,14,15). The van der Waals surface area contributed by atoms with Crippen molar-refractivity contribution >= 4 is 28.9 Å². The van der Waals surface area contributed by atoms with Gasteiger partial charge in [0.2, 0.25) is 5.95 Å². The maximum absolute atomic E-state index is 13.5. The number of rotatable bonds is 3. The third kappa shape index (κ3) is 2.15. The number of aromatic nitrogens is 2. The second kappa shape index (κ2) is 4.76. The van der Waals surface area contributed by atoms with Crippen molar-refractivity contribution in [2.24, 2.45) is 0 Å². The molecule has 2 aromatic heterocycles. The van der Waals surface area contributed by atoms with E-state index < -0.39 is 5.82 Å². The average Bonchev–Trinajstić information content (AvgIpc) is 2.68. The number of thiophene rings is 1. The number of anilines is 1. The summed E-state index contributed by atoms with van der Waals surface area (Å²) in [7, 11) is 0. The van der Waals surface area contributed by atoms with Crippen LogP contribution in [0.5, 0.6) is 0 Å². The van der Waals surface area contributed by atoms with Gasteiger partial charge in [0.15, 0.2) is 5.82 Å². The fourth-order valence-corrected chi connectivity index (χ4v) is 2.37. The first-order valence-corrected chi connectivity index (χ1v) is 5.98. The Balaban J connectivity index is 2.47. The Labute approximate surface area is 101 Å². The predicted molar refractivity (Wildman–Crippen MR) is 64.5 cm³/mol. The van der Waals surface area contributed by atoms with Crippen LogP contribution in [0.25, 0.3) is 10.6 Å². The van der Waals surface area contributed by atoms with Gasteiger partial charge in [-0.2, -0.15) is 0 Å². The lowest BCUT2D eigenvalue weighted by atomic mass is 10.3. The van der Waals surface area contributed by atoms with Crippen LogP contribution in [0.2, 0.25) is 5.02 Å². The van der Waals surface area contributed by atoms with Gasteiger partial charge < -0.3 is 5.32 Å². The molecule has 0 saturated heterocycles. The van der Waals surface area contributed by atoms with Crippen LogP contribution in [-0.4, -0.2) is 16.5 Å². The highest BCUT2D eigenvalue weighted by molar-refractivity contribution is 7.14. The van der Waals surface area contributed by atoms with Crippen LogP contribution in [0.3, 0.4) is 0 Å². The fraction of sp³-hybridized carbons (Fsp3) is 0.200. The van der Waals surface area contributed by atoms with E-state index in [-0.39, 0.29) is 5.69 Å². The van der Waals surface area contributed by atoms with Gasteiger partial charge in [-0.3, -0.25) is 0 Å². The summed E-state index contributed by atoms with van der Waals surface area (Å²) in [6.45, 7) is 2.60. The Bertz CT molecular complexity index is 501. The molecule has 1 N–H and O–H groups in total. The van der Waals surface area contributed by atoms with Crippen LogP contribution in [0, 0.1) is 5.82 Å². The van der Waals surface area contributed by atoms with E-state index in [0.29, 0.717) is 22.4 Å². The second-order valence-electron chi connectivity index (χ2n) is 3.02. The Morgan fingerprint density at radius 1 is 1.56 bits per heavy atom. The van der Waals surface area contributed by atoms with Gasteiger partial charge in [0, 0.05) is 6.54 Å². The molecule has 0 fully saturated rings. The molecule has 0 atom stereocenters. The maximum atomic E-state index is 13.5. The van der Waals surface area contributed by atoms with Crippen molar-refractivity contribution < 1.29 is 4.39 Å². The van der Waals surface area contributed by atoms with E-state index in [1.54, 1.807) is 11.4 Å². The Kier molecular flexibility index (Phi) is 3.36. The minimum Gasteiger partial charge on any atom is -0.354 e. The van der Waals surface area contributed by atoms with Gasteiger partial charge in [-0.1, -0.05) is 11.6 Å². The van der Waals surface area contributed by atoms with Gasteiger partial charge in [-0.05, 0) is 18.4 Å². The third-order valence-electron chi connectivity index (χ3n) is 1.91. The number of hydrogen-bond acceptors (Lipinski definition) is 4. The lowest BCUT2D eigenvalue weighted by Crippen LogP contribution is -2.03. The van der Waals surface area contributed by atoms with Gasteiger partial charge in [0.25, 0.3) is 0 Å². The van der Waals surface area contributed by atoms with E-state index >= 15 is 0 Å². The maximum Gasteiger partial charge on any atom is 0.223 e. The predicted octanol–water partition coefficient (Wildman–Crippen LogP) is 3.43. The van der Waals surface area contributed by atoms with E-state index in [1.807, 2.05) is 6.92 Å². The summed E-state index contributed by atoms with van der Waals surface area (Å²) < 4.78 is 13.5. The molecule has 0 bridgehead atoms. The molecule has 0 spiro atoms. The number of hydrogen-bond donors (Lipinski definition) is 1. The molecule has 2 rings (SSSR count). The van der Waals surface area contributed by atoms with Crippen molar-refractivity contribution in [1.29, 1.82) is 0 Å². The highest BCUT2D eigenvalue weighted by atomic mass is 35.5. The highest BCUT2D eigenvalue weighted by Gasteiger charge is 2.13. The minimum absolute atomic E-state index is 0.242. The number of nitrogens with one attached hydrogen (secondary N) is 1. The van der Waals surface area contributed by atoms with Gasteiger partial charge >= 0.3 is 0 Å².